The van der Waals surface area contributed by atoms with Crippen LogP contribution >= 0.6 is 0 Å². The molecule has 0 bridgehead atoms. The Balaban J connectivity index is 2.07. The van der Waals surface area contributed by atoms with E-state index < -0.39 is 5.97 Å². The Kier molecular flexibility index (Phi) is 3.97. The van der Waals surface area contributed by atoms with Crippen molar-refractivity contribution in [1.82, 2.24) is 9.78 Å². The standard InChI is InChI=1S/C9H15N3O2/c1-12-7-5-8(11-12)10-6-3-2-4-9(13)14/h5,7H,2-4,6H2,1H3,(H,10,11)(H,13,14). The number of nitrogens with one attached hydrogen (secondary N) is 1. The molecule has 0 unspecified atom stereocenters. The Bertz CT molecular complexity index is 296. The number of hydrogen-bond acceptors (Lipinski definition) is 3. The van der Waals surface area contributed by atoms with Crippen LogP contribution in [0.4, 0.5) is 5.82 Å². The molecule has 0 aliphatic carbocycles. The average Bonchev–Trinajstić information content (AvgIpc) is 2.50. The maximum atomic E-state index is 10.2. The lowest BCUT2D eigenvalue weighted by Gasteiger charge is -2.00. The molecule has 0 aliphatic heterocycles. The van der Waals surface area contributed by atoms with Gasteiger partial charge in [0, 0.05) is 32.3 Å². The lowest BCUT2D eigenvalue weighted by atomic mass is 10.2. The minimum absolute atomic E-state index is 0.240. The van der Waals surface area contributed by atoms with Crippen molar-refractivity contribution in [3.05, 3.63) is 12.3 Å². The van der Waals surface area contributed by atoms with E-state index in [1.54, 1.807) is 4.68 Å². The van der Waals surface area contributed by atoms with Crippen LogP contribution in [0.2, 0.25) is 0 Å². The van der Waals surface area contributed by atoms with Gasteiger partial charge in [0.15, 0.2) is 0 Å². The highest BCUT2D eigenvalue weighted by Crippen LogP contribution is 2.02. The normalized spacial score (nSPS) is 10.1. The maximum absolute atomic E-state index is 10.2. The fourth-order valence-corrected chi connectivity index (χ4v) is 1.13. The summed E-state index contributed by atoms with van der Waals surface area (Å²) in [6.45, 7) is 0.768. The van der Waals surface area contributed by atoms with Crippen LogP contribution < -0.4 is 5.32 Å². The first kappa shape index (κ1) is 10.6. The molecular formula is C9H15N3O2. The number of carboxylic acids is 1. The summed E-state index contributed by atoms with van der Waals surface area (Å²) in [7, 11) is 1.86. The molecule has 0 atom stereocenters. The molecule has 0 fully saturated rings. The van der Waals surface area contributed by atoms with Gasteiger partial charge in [-0.25, -0.2) is 0 Å². The Hall–Kier alpha value is -1.52. The van der Waals surface area contributed by atoms with Gasteiger partial charge in [0.1, 0.15) is 5.82 Å². The maximum Gasteiger partial charge on any atom is 0.303 e. The van der Waals surface area contributed by atoms with Crippen LogP contribution in [-0.2, 0) is 11.8 Å². The van der Waals surface area contributed by atoms with Crippen molar-refractivity contribution in [3.63, 3.8) is 0 Å². The minimum Gasteiger partial charge on any atom is -0.481 e. The topological polar surface area (TPSA) is 67.2 Å². The lowest BCUT2D eigenvalue weighted by Crippen LogP contribution is -2.04. The highest BCUT2D eigenvalue weighted by Gasteiger charge is 1.97. The molecule has 5 heteroatoms. The third kappa shape index (κ3) is 3.93. The van der Waals surface area contributed by atoms with E-state index in [1.165, 1.54) is 0 Å². The average molecular weight is 197 g/mol. The number of aromatic nitrogens is 2. The van der Waals surface area contributed by atoms with Gasteiger partial charge in [-0.15, -0.1) is 0 Å². The predicted octanol–water partition coefficient (Wildman–Crippen LogP) is 1.09. The van der Waals surface area contributed by atoms with Crippen LogP contribution in [0.3, 0.4) is 0 Å². The van der Waals surface area contributed by atoms with E-state index in [2.05, 4.69) is 10.4 Å². The van der Waals surface area contributed by atoms with Crippen molar-refractivity contribution in [1.29, 1.82) is 0 Å². The van der Waals surface area contributed by atoms with Gasteiger partial charge in [0.05, 0.1) is 0 Å². The zero-order chi connectivity index (χ0) is 10.4. The molecule has 0 spiro atoms. The predicted molar refractivity (Wildman–Crippen MR) is 53.2 cm³/mol. The van der Waals surface area contributed by atoms with E-state index in [9.17, 15) is 4.79 Å². The fourth-order valence-electron chi connectivity index (χ4n) is 1.13. The molecule has 1 rings (SSSR count). The van der Waals surface area contributed by atoms with Gasteiger partial charge in [-0.05, 0) is 12.8 Å². The third-order valence-electron chi connectivity index (χ3n) is 1.84. The highest BCUT2D eigenvalue weighted by atomic mass is 16.4. The molecule has 2 N–H and O–H groups in total. The molecule has 0 amide bonds. The largest absolute Gasteiger partial charge is 0.481 e. The Morgan fingerprint density at radius 1 is 1.64 bits per heavy atom. The summed E-state index contributed by atoms with van der Waals surface area (Å²) < 4.78 is 1.72. The zero-order valence-electron chi connectivity index (χ0n) is 8.23. The number of aliphatic carboxylic acids is 1. The second kappa shape index (κ2) is 5.26. The number of rotatable bonds is 6. The summed E-state index contributed by atoms with van der Waals surface area (Å²) in [4.78, 5) is 10.2. The number of hydrogen-bond donors (Lipinski definition) is 2. The molecule has 1 aromatic heterocycles. The smallest absolute Gasteiger partial charge is 0.303 e. The van der Waals surface area contributed by atoms with E-state index in [0.29, 0.717) is 6.42 Å². The zero-order valence-corrected chi connectivity index (χ0v) is 8.23. The van der Waals surface area contributed by atoms with Gasteiger partial charge in [0.25, 0.3) is 0 Å². The monoisotopic (exact) mass is 197 g/mol. The van der Waals surface area contributed by atoms with Crippen LogP contribution in [0.25, 0.3) is 0 Å². The first-order valence-electron chi connectivity index (χ1n) is 4.64. The Morgan fingerprint density at radius 2 is 2.43 bits per heavy atom. The summed E-state index contributed by atoms with van der Waals surface area (Å²) in [6.07, 6.45) is 3.65. The summed E-state index contributed by atoms with van der Waals surface area (Å²) >= 11 is 0. The molecule has 5 nitrogen and oxygen atoms in total. The van der Waals surface area contributed by atoms with Crippen LogP contribution in [0.5, 0.6) is 0 Å². The number of aryl methyl sites for hydroxylation is 1. The van der Waals surface area contributed by atoms with E-state index in [-0.39, 0.29) is 6.42 Å². The molecule has 0 saturated carbocycles. The number of nitrogens with zero attached hydrogens (tertiary/aromatic N) is 2. The van der Waals surface area contributed by atoms with Crippen LogP contribution in [0.1, 0.15) is 19.3 Å². The van der Waals surface area contributed by atoms with Crippen LogP contribution in [-0.4, -0.2) is 27.4 Å². The van der Waals surface area contributed by atoms with Crippen molar-refractivity contribution in [3.8, 4) is 0 Å². The molecule has 14 heavy (non-hydrogen) atoms. The van der Waals surface area contributed by atoms with Gasteiger partial charge < -0.3 is 10.4 Å². The van der Waals surface area contributed by atoms with Gasteiger partial charge in [0.2, 0.25) is 0 Å². The molecule has 78 valence electrons. The summed E-state index contributed by atoms with van der Waals surface area (Å²) in [6, 6.07) is 1.89. The molecule has 1 aromatic rings. The quantitative estimate of drug-likeness (QED) is 0.670. The Labute approximate surface area is 82.7 Å². The van der Waals surface area contributed by atoms with E-state index in [1.807, 2.05) is 19.3 Å². The molecule has 0 radical (unpaired) electrons. The van der Waals surface area contributed by atoms with Gasteiger partial charge in [-0.2, -0.15) is 5.10 Å². The number of anilines is 1. The molecule has 0 aromatic carbocycles. The molecule has 0 aliphatic rings. The SMILES string of the molecule is Cn1ccc(NCCCCC(=O)O)n1. The summed E-state index contributed by atoms with van der Waals surface area (Å²) in [5, 5.41) is 15.6. The number of carboxylic acid groups (broad SMARTS) is 1. The van der Waals surface area contributed by atoms with Crippen molar-refractivity contribution in [2.75, 3.05) is 11.9 Å². The summed E-state index contributed by atoms with van der Waals surface area (Å²) in [5.41, 5.74) is 0. The van der Waals surface area contributed by atoms with Crippen molar-refractivity contribution >= 4 is 11.8 Å². The number of unbranched alkanes of at least 4 members (excludes halogenated alkanes) is 1. The van der Waals surface area contributed by atoms with Crippen molar-refractivity contribution < 1.29 is 9.90 Å². The van der Waals surface area contributed by atoms with Gasteiger partial charge in [-0.3, -0.25) is 9.48 Å². The van der Waals surface area contributed by atoms with Gasteiger partial charge in [-0.1, -0.05) is 0 Å². The second-order valence-electron chi connectivity index (χ2n) is 3.15. The molecule has 0 saturated heterocycles. The first-order valence-corrected chi connectivity index (χ1v) is 4.64. The first-order chi connectivity index (χ1) is 6.68. The van der Waals surface area contributed by atoms with Crippen molar-refractivity contribution in [2.45, 2.75) is 19.3 Å². The number of carbonyl (C=O) groups is 1. The lowest BCUT2D eigenvalue weighted by molar-refractivity contribution is -0.137. The third-order valence-corrected chi connectivity index (χ3v) is 1.84. The van der Waals surface area contributed by atoms with E-state index in [4.69, 9.17) is 5.11 Å². The van der Waals surface area contributed by atoms with E-state index >= 15 is 0 Å². The minimum atomic E-state index is -0.733. The fraction of sp³-hybridized carbons (Fsp3) is 0.556. The van der Waals surface area contributed by atoms with Crippen molar-refractivity contribution in [2.24, 2.45) is 7.05 Å². The molecular weight excluding hydrogens is 182 g/mol. The summed E-state index contributed by atoms with van der Waals surface area (Å²) in [5.74, 6) is 0.102. The van der Waals surface area contributed by atoms with E-state index in [0.717, 1.165) is 18.8 Å². The van der Waals surface area contributed by atoms with Crippen LogP contribution in [0.15, 0.2) is 12.3 Å². The second-order valence-corrected chi connectivity index (χ2v) is 3.15. The molecule has 1 heterocycles. The van der Waals surface area contributed by atoms with Crippen LogP contribution in [0, 0.1) is 0 Å². The Morgan fingerprint density at radius 3 is 3.00 bits per heavy atom. The highest BCUT2D eigenvalue weighted by molar-refractivity contribution is 5.66. The van der Waals surface area contributed by atoms with Gasteiger partial charge >= 0.3 is 5.97 Å².